The number of carbonyl (C=O) groups is 2. The van der Waals surface area contributed by atoms with Crippen LogP contribution in [0.15, 0.2) is 46.2 Å². The lowest BCUT2D eigenvalue weighted by atomic mass is 10.2. The molecule has 118 valence electrons. The van der Waals surface area contributed by atoms with E-state index < -0.39 is 22.5 Å². The van der Waals surface area contributed by atoms with Gasteiger partial charge in [-0.25, -0.2) is 9.59 Å². The third-order valence-electron chi connectivity index (χ3n) is 3.78. The van der Waals surface area contributed by atoms with Crippen LogP contribution in [-0.4, -0.2) is 26.2 Å². The molecule has 0 saturated carbocycles. The molecule has 4 rings (SSSR count). The van der Waals surface area contributed by atoms with E-state index in [4.69, 9.17) is 17.8 Å². The molecule has 0 radical (unpaired) electrons. The van der Waals surface area contributed by atoms with Crippen LogP contribution >= 0.6 is 10.6 Å². The van der Waals surface area contributed by atoms with Crippen LogP contribution in [0.4, 0.5) is 0 Å². The summed E-state index contributed by atoms with van der Waals surface area (Å²) in [5.41, 5.74) is 0.714. The smallest absolute Gasteiger partial charge is 0.363 e. The molecule has 0 saturated heterocycles. The molecule has 2 aliphatic heterocycles. The molecule has 2 aliphatic rings. The van der Waals surface area contributed by atoms with Gasteiger partial charge in [-0.2, -0.15) is 0 Å². The predicted octanol–water partition coefficient (Wildman–Crippen LogP) is 3.10. The summed E-state index contributed by atoms with van der Waals surface area (Å²) in [5.74, 6) is 0.0311. The highest BCUT2D eigenvalue weighted by Crippen LogP contribution is 2.73. The maximum Gasteiger partial charge on any atom is 0.363 e. The summed E-state index contributed by atoms with van der Waals surface area (Å²) in [7, 11) is 0.428. The first-order chi connectivity index (χ1) is 11.1. The molecule has 0 amide bonds. The summed E-state index contributed by atoms with van der Waals surface area (Å²) < 4.78 is 21.4. The van der Waals surface area contributed by atoms with E-state index in [0.717, 1.165) is 0 Å². The Hall–Kier alpha value is -2.67. The maximum absolute atomic E-state index is 12.3. The Morgan fingerprint density at radius 1 is 0.783 bits per heavy atom. The zero-order valence-corrected chi connectivity index (χ0v) is 13.1. The number of carbonyl (C=O) groups excluding carboxylic acids is 2. The third kappa shape index (κ3) is 1.77. The second kappa shape index (κ2) is 4.66. The summed E-state index contributed by atoms with van der Waals surface area (Å²) in [6, 6.07) is 10.0. The van der Waals surface area contributed by atoms with Crippen molar-refractivity contribution in [1.29, 1.82) is 0 Å². The van der Waals surface area contributed by atoms with E-state index >= 15 is 0 Å². The average Bonchev–Trinajstić information content (AvgIpc) is 3.01. The average molecular weight is 332 g/mol. The number of hydrogen-bond acceptors (Lipinski definition) is 6. The van der Waals surface area contributed by atoms with Gasteiger partial charge in [0.1, 0.15) is 21.3 Å². The van der Waals surface area contributed by atoms with Crippen molar-refractivity contribution in [1.82, 2.24) is 0 Å². The zero-order chi connectivity index (χ0) is 16.2. The molecule has 0 aromatic heterocycles. The van der Waals surface area contributed by atoms with Gasteiger partial charge >= 0.3 is 11.9 Å². The monoisotopic (exact) mass is 332 g/mol. The highest BCUT2D eigenvalue weighted by Gasteiger charge is 2.50. The van der Waals surface area contributed by atoms with E-state index in [9.17, 15) is 9.59 Å². The summed E-state index contributed by atoms with van der Waals surface area (Å²) in [4.78, 5) is 25.7. The quantitative estimate of drug-likeness (QED) is 0.841. The van der Waals surface area contributed by atoms with E-state index in [1.54, 1.807) is 36.4 Å². The van der Waals surface area contributed by atoms with Crippen LogP contribution in [0.1, 0.15) is 20.7 Å². The fourth-order valence-corrected chi connectivity index (χ4v) is 5.27. The second-order valence-corrected chi connectivity index (χ2v) is 7.19. The van der Waals surface area contributed by atoms with Gasteiger partial charge in [0.2, 0.25) is 0 Å². The fourth-order valence-electron chi connectivity index (χ4n) is 2.68. The topological polar surface area (TPSA) is 71.1 Å². The van der Waals surface area contributed by atoms with Crippen molar-refractivity contribution in [3.05, 3.63) is 47.5 Å². The summed E-state index contributed by atoms with van der Waals surface area (Å²) in [6.07, 6.45) is 0. The Labute approximate surface area is 133 Å². The van der Waals surface area contributed by atoms with E-state index in [2.05, 4.69) is 0 Å². The number of methoxy groups -OCH3 is 2. The normalized spacial score (nSPS) is 18.0. The molecule has 6 nitrogen and oxygen atoms in total. The zero-order valence-electron chi connectivity index (χ0n) is 12.3. The van der Waals surface area contributed by atoms with Crippen molar-refractivity contribution in [2.45, 2.75) is 9.79 Å². The van der Waals surface area contributed by atoms with Crippen molar-refractivity contribution >= 4 is 22.5 Å². The molecule has 0 fully saturated rings. The molecule has 0 unspecified atom stereocenters. The van der Waals surface area contributed by atoms with Gasteiger partial charge < -0.3 is 17.8 Å². The van der Waals surface area contributed by atoms with Crippen LogP contribution in [0, 0.1) is 0 Å². The van der Waals surface area contributed by atoms with Crippen molar-refractivity contribution in [2.24, 2.45) is 0 Å². The van der Waals surface area contributed by atoms with Gasteiger partial charge in [0, 0.05) is 0 Å². The van der Waals surface area contributed by atoms with E-state index in [1.807, 2.05) is 0 Å². The van der Waals surface area contributed by atoms with Crippen LogP contribution in [0.25, 0.3) is 0 Å². The highest BCUT2D eigenvalue weighted by molar-refractivity contribution is 8.27. The first-order valence-electron chi connectivity index (χ1n) is 6.76. The molecule has 7 heteroatoms. The standard InChI is InChI=1S/C16H12O6S/c1-19-9-3-5-13-11(7-9)15(17)21-23(13)14-6-4-10(20-2)8-12(14)16(18)22-23/h3-8H,1-2H3. The summed E-state index contributed by atoms with van der Waals surface area (Å²) in [6.45, 7) is 0. The minimum atomic E-state index is -2.60. The van der Waals surface area contributed by atoms with Gasteiger partial charge in [0.25, 0.3) is 0 Å². The van der Waals surface area contributed by atoms with Crippen LogP contribution < -0.4 is 9.47 Å². The van der Waals surface area contributed by atoms with Crippen molar-refractivity contribution < 1.29 is 27.4 Å². The van der Waals surface area contributed by atoms with Crippen LogP contribution in [-0.2, 0) is 8.37 Å². The Morgan fingerprint density at radius 2 is 1.22 bits per heavy atom. The van der Waals surface area contributed by atoms with Gasteiger partial charge in [-0.3, -0.25) is 0 Å². The van der Waals surface area contributed by atoms with E-state index in [1.165, 1.54) is 14.2 Å². The SMILES string of the molecule is COc1ccc2c(c1)C(=O)OS21OC(=O)c2cc(OC)ccc21. The van der Waals surface area contributed by atoms with Gasteiger partial charge in [-0.05, 0) is 36.4 Å². The van der Waals surface area contributed by atoms with Crippen molar-refractivity contribution in [2.75, 3.05) is 14.2 Å². The van der Waals surface area contributed by atoms with Gasteiger partial charge in [-0.15, -0.1) is 0 Å². The second-order valence-electron chi connectivity index (χ2n) is 4.97. The molecule has 2 aromatic rings. The molecule has 0 atom stereocenters. The van der Waals surface area contributed by atoms with Crippen LogP contribution in [0.5, 0.6) is 11.5 Å². The van der Waals surface area contributed by atoms with Gasteiger partial charge in [0.15, 0.2) is 0 Å². The Balaban J connectivity index is 1.94. The summed E-state index contributed by atoms with van der Waals surface area (Å²) >= 11 is 0. The van der Waals surface area contributed by atoms with E-state index in [-0.39, 0.29) is 0 Å². The number of benzene rings is 2. The lowest BCUT2D eigenvalue weighted by Crippen LogP contribution is -2.02. The largest absolute Gasteiger partial charge is 0.497 e. The molecule has 0 bridgehead atoms. The third-order valence-corrected chi connectivity index (χ3v) is 6.42. The van der Waals surface area contributed by atoms with Crippen molar-refractivity contribution in [3.8, 4) is 11.5 Å². The number of ether oxygens (including phenoxy) is 2. The van der Waals surface area contributed by atoms with Crippen LogP contribution in [0.2, 0.25) is 0 Å². The first kappa shape index (κ1) is 14.0. The first-order valence-corrected chi connectivity index (χ1v) is 8.24. The summed E-state index contributed by atoms with van der Waals surface area (Å²) in [5, 5.41) is 0. The molecule has 0 aliphatic carbocycles. The molecule has 1 spiro atoms. The molecule has 0 N–H and O–H groups in total. The molecule has 2 heterocycles. The predicted molar refractivity (Wildman–Crippen MR) is 80.9 cm³/mol. The number of fused-ring (bicyclic) bond motifs is 4. The van der Waals surface area contributed by atoms with Gasteiger partial charge in [0.05, 0.1) is 25.3 Å². The Morgan fingerprint density at radius 3 is 1.61 bits per heavy atom. The molecular formula is C16H12O6S. The number of hydrogen-bond donors (Lipinski definition) is 0. The molecular weight excluding hydrogens is 320 g/mol. The van der Waals surface area contributed by atoms with Crippen molar-refractivity contribution in [3.63, 3.8) is 0 Å². The van der Waals surface area contributed by atoms with Crippen LogP contribution in [0.3, 0.4) is 0 Å². The highest BCUT2D eigenvalue weighted by atomic mass is 32.3. The Kier molecular flexibility index (Phi) is 2.83. The molecule has 2 aromatic carbocycles. The minimum absolute atomic E-state index is 0.357. The minimum Gasteiger partial charge on any atom is -0.497 e. The van der Waals surface area contributed by atoms with E-state index in [0.29, 0.717) is 32.4 Å². The van der Waals surface area contributed by atoms with Gasteiger partial charge in [-0.1, -0.05) is 10.6 Å². The lowest BCUT2D eigenvalue weighted by molar-refractivity contribution is 0.0710. The Bertz CT molecular complexity index is 788. The number of rotatable bonds is 2. The lowest BCUT2D eigenvalue weighted by Gasteiger charge is -2.32. The fraction of sp³-hybridized carbons (Fsp3) is 0.125. The maximum atomic E-state index is 12.3. The molecule has 23 heavy (non-hydrogen) atoms.